The molecule has 0 aliphatic heterocycles. The third-order valence-electron chi connectivity index (χ3n) is 2.47. The van der Waals surface area contributed by atoms with E-state index in [1.807, 2.05) is 30.3 Å². The summed E-state index contributed by atoms with van der Waals surface area (Å²) in [6.45, 7) is 1.60. The zero-order valence-electron chi connectivity index (χ0n) is 9.64. The number of fused-ring (bicyclic) bond motifs is 1. The fourth-order valence-corrected chi connectivity index (χ4v) is 1.84. The van der Waals surface area contributed by atoms with Crippen LogP contribution in [0.1, 0.15) is 17.4 Å². The van der Waals surface area contributed by atoms with Crippen molar-refractivity contribution in [2.45, 2.75) is 13.0 Å². The van der Waals surface area contributed by atoms with Crippen molar-refractivity contribution in [3.63, 3.8) is 0 Å². The smallest absolute Gasteiger partial charge is 0.270 e. The van der Waals surface area contributed by atoms with Crippen LogP contribution in [0.3, 0.4) is 0 Å². The molecule has 18 heavy (non-hydrogen) atoms. The molecule has 1 unspecified atom stereocenters. The number of nitrogens with one attached hydrogen (secondary N) is 1. The second kappa shape index (κ2) is 5.03. The van der Waals surface area contributed by atoms with E-state index >= 15 is 0 Å². The molecule has 90 valence electrons. The van der Waals surface area contributed by atoms with E-state index in [1.165, 1.54) is 0 Å². The minimum absolute atomic E-state index is 0.209. The van der Waals surface area contributed by atoms with E-state index in [9.17, 15) is 4.79 Å². The maximum Gasteiger partial charge on any atom is 0.270 e. The molecule has 0 spiro atoms. The molecule has 0 bridgehead atoms. The molecule has 0 saturated heterocycles. The molecule has 1 atom stereocenters. The number of nitriles is 1. The molecule has 1 heterocycles. The highest BCUT2D eigenvalue weighted by molar-refractivity contribution is 6.34. The van der Waals surface area contributed by atoms with Gasteiger partial charge in [-0.15, -0.1) is 0 Å². The van der Waals surface area contributed by atoms with E-state index in [0.717, 1.165) is 10.8 Å². The number of carbonyl (C=O) groups is 1. The Labute approximate surface area is 109 Å². The molecule has 0 aliphatic rings. The van der Waals surface area contributed by atoms with Gasteiger partial charge in [-0.3, -0.25) is 4.79 Å². The number of rotatable bonds is 2. The average molecular weight is 260 g/mol. The second-order valence-corrected chi connectivity index (χ2v) is 4.20. The fraction of sp³-hybridized carbons (Fsp3) is 0.154. The quantitative estimate of drug-likeness (QED) is 0.843. The molecule has 1 aromatic carbocycles. The summed E-state index contributed by atoms with van der Waals surface area (Å²) < 4.78 is 0. The summed E-state index contributed by atoms with van der Waals surface area (Å²) in [5.41, 5.74) is 0.209. The van der Waals surface area contributed by atoms with Gasteiger partial charge < -0.3 is 5.32 Å². The van der Waals surface area contributed by atoms with Crippen LogP contribution in [-0.2, 0) is 0 Å². The van der Waals surface area contributed by atoms with Crippen molar-refractivity contribution < 1.29 is 4.79 Å². The van der Waals surface area contributed by atoms with Crippen LogP contribution < -0.4 is 5.32 Å². The van der Waals surface area contributed by atoms with Crippen LogP contribution in [0.5, 0.6) is 0 Å². The first-order valence-corrected chi connectivity index (χ1v) is 5.75. The number of halogens is 1. The largest absolute Gasteiger partial charge is 0.335 e. The predicted octanol–water partition coefficient (Wildman–Crippen LogP) is 2.53. The molecule has 0 saturated carbocycles. The third kappa shape index (κ3) is 2.41. The van der Waals surface area contributed by atoms with Crippen LogP contribution in [-0.4, -0.2) is 16.9 Å². The van der Waals surface area contributed by atoms with Crippen LogP contribution in [0.4, 0.5) is 0 Å². The summed E-state index contributed by atoms with van der Waals surface area (Å²) in [5, 5.41) is 13.1. The van der Waals surface area contributed by atoms with Gasteiger partial charge in [-0.1, -0.05) is 35.9 Å². The van der Waals surface area contributed by atoms with Crippen molar-refractivity contribution in [2.24, 2.45) is 0 Å². The average Bonchev–Trinajstić information content (AvgIpc) is 2.38. The molecular weight excluding hydrogens is 250 g/mol. The first-order valence-electron chi connectivity index (χ1n) is 5.37. The van der Waals surface area contributed by atoms with E-state index in [4.69, 9.17) is 16.9 Å². The molecule has 2 aromatic rings. The highest BCUT2D eigenvalue weighted by Crippen LogP contribution is 2.22. The van der Waals surface area contributed by atoms with Gasteiger partial charge in [0.2, 0.25) is 0 Å². The third-order valence-corrected chi connectivity index (χ3v) is 2.76. The molecule has 1 aromatic heterocycles. The summed E-state index contributed by atoms with van der Waals surface area (Å²) in [5.74, 6) is -0.406. The molecule has 1 amide bonds. The lowest BCUT2D eigenvalue weighted by Gasteiger charge is -2.07. The van der Waals surface area contributed by atoms with Crippen molar-refractivity contribution in [2.75, 3.05) is 0 Å². The van der Waals surface area contributed by atoms with Gasteiger partial charge in [0.1, 0.15) is 16.9 Å². The van der Waals surface area contributed by atoms with E-state index < -0.39 is 11.9 Å². The normalized spacial score (nSPS) is 11.8. The van der Waals surface area contributed by atoms with Crippen molar-refractivity contribution >= 4 is 28.3 Å². The van der Waals surface area contributed by atoms with E-state index in [-0.39, 0.29) is 10.8 Å². The first kappa shape index (κ1) is 12.3. The summed E-state index contributed by atoms with van der Waals surface area (Å²) in [4.78, 5) is 15.9. The summed E-state index contributed by atoms with van der Waals surface area (Å²) in [6.07, 6.45) is 0. The van der Waals surface area contributed by atoms with Gasteiger partial charge in [0, 0.05) is 5.39 Å². The Hall–Kier alpha value is -2.12. The van der Waals surface area contributed by atoms with Gasteiger partial charge >= 0.3 is 0 Å². The number of hydrogen-bond donors (Lipinski definition) is 1. The molecule has 5 heteroatoms. The van der Waals surface area contributed by atoms with Crippen LogP contribution in [0.15, 0.2) is 30.3 Å². The minimum atomic E-state index is -0.565. The molecule has 2 rings (SSSR count). The first-order chi connectivity index (χ1) is 8.61. The lowest BCUT2D eigenvalue weighted by Crippen LogP contribution is -2.31. The number of hydrogen-bond acceptors (Lipinski definition) is 3. The number of amides is 1. The van der Waals surface area contributed by atoms with Crippen molar-refractivity contribution in [3.8, 4) is 6.07 Å². The van der Waals surface area contributed by atoms with Gasteiger partial charge in [0.25, 0.3) is 5.91 Å². The van der Waals surface area contributed by atoms with E-state index in [0.29, 0.717) is 0 Å². The van der Waals surface area contributed by atoms with Gasteiger partial charge in [-0.25, -0.2) is 4.98 Å². The Morgan fingerprint density at radius 3 is 2.94 bits per heavy atom. The molecular formula is C13H10ClN3O. The van der Waals surface area contributed by atoms with Gasteiger partial charge in [-0.2, -0.15) is 5.26 Å². The van der Waals surface area contributed by atoms with E-state index in [1.54, 1.807) is 13.0 Å². The molecule has 0 aliphatic carbocycles. The molecule has 0 fully saturated rings. The summed E-state index contributed by atoms with van der Waals surface area (Å²) in [7, 11) is 0. The monoisotopic (exact) mass is 259 g/mol. The maximum atomic E-state index is 11.8. The van der Waals surface area contributed by atoms with Crippen LogP contribution >= 0.6 is 11.6 Å². The van der Waals surface area contributed by atoms with Gasteiger partial charge in [0.05, 0.1) is 6.07 Å². The lowest BCUT2D eigenvalue weighted by molar-refractivity contribution is 0.0943. The summed E-state index contributed by atoms with van der Waals surface area (Å²) >= 11 is 6.02. The van der Waals surface area contributed by atoms with Crippen LogP contribution in [0, 0.1) is 11.3 Å². The van der Waals surface area contributed by atoms with Crippen LogP contribution in [0.2, 0.25) is 5.15 Å². The second-order valence-electron chi connectivity index (χ2n) is 3.84. The van der Waals surface area contributed by atoms with Crippen molar-refractivity contribution in [3.05, 3.63) is 41.2 Å². The molecule has 0 radical (unpaired) electrons. The Morgan fingerprint density at radius 1 is 1.50 bits per heavy atom. The maximum absolute atomic E-state index is 11.8. The molecule has 1 N–H and O–H groups in total. The highest BCUT2D eigenvalue weighted by Gasteiger charge is 2.12. The Morgan fingerprint density at radius 2 is 2.22 bits per heavy atom. The Balaban J connectivity index is 2.41. The summed E-state index contributed by atoms with van der Waals surface area (Å²) in [6, 6.07) is 10.4. The van der Waals surface area contributed by atoms with Crippen molar-refractivity contribution in [1.29, 1.82) is 5.26 Å². The predicted molar refractivity (Wildman–Crippen MR) is 69.3 cm³/mol. The number of aromatic nitrogens is 1. The van der Waals surface area contributed by atoms with Gasteiger partial charge in [0.15, 0.2) is 0 Å². The minimum Gasteiger partial charge on any atom is -0.335 e. The number of benzene rings is 1. The zero-order valence-corrected chi connectivity index (χ0v) is 10.4. The molecule has 4 nitrogen and oxygen atoms in total. The zero-order chi connectivity index (χ0) is 13.1. The number of nitrogens with zero attached hydrogens (tertiary/aromatic N) is 2. The number of carbonyl (C=O) groups excluding carboxylic acids is 1. The van der Waals surface area contributed by atoms with Gasteiger partial charge in [-0.05, 0) is 18.4 Å². The Bertz CT molecular complexity index is 648. The lowest BCUT2D eigenvalue weighted by atomic mass is 10.1. The number of pyridine rings is 1. The van der Waals surface area contributed by atoms with Crippen molar-refractivity contribution in [1.82, 2.24) is 10.3 Å². The highest BCUT2D eigenvalue weighted by atomic mass is 35.5. The van der Waals surface area contributed by atoms with E-state index in [2.05, 4.69) is 10.3 Å². The van der Waals surface area contributed by atoms with Crippen LogP contribution in [0.25, 0.3) is 10.8 Å². The Kier molecular flexibility index (Phi) is 3.45. The SMILES string of the molecule is CC(C#N)NC(=O)c1cc2ccccc2c(Cl)n1. The fourth-order valence-electron chi connectivity index (χ4n) is 1.58. The standard InChI is InChI=1S/C13H10ClN3O/c1-8(7-15)16-13(18)11-6-9-4-2-3-5-10(9)12(14)17-11/h2-6,8H,1H3,(H,16,18). The topological polar surface area (TPSA) is 65.8 Å².